The number of ether oxygens (including phenoxy) is 1. The molecule has 0 bridgehead atoms. The topological polar surface area (TPSA) is 115 Å². The molecule has 11 heteroatoms. The van der Waals surface area contributed by atoms with Crippen LogP contribution in [0.2, 0.25) is 0 Å². The number of carbonyl (C=O) groups is 1. The first kappa shape index (κ1) is 24.7. The second-order valence-electron chi connectivity index (χ2n) is 8.33. The molecule has 35 heavy (non-hydrogen) atoms. The standard InChI is InChI=1S/C24H29N5O5S/c1-17(25-22-18(2)27(3)29(24(22)31)20-7-5-4-6-8-20)23(30)26-19-9-11-21(12-10-19)35(32,33)28-13-15-34-16-14-28/h4-12,17,25H,13-16H2,1-3H3,(H,26,30)/t17-/m0/s1. The van der Waals surface area contributed by atoms with E-state index in [1.54, 1.807) is 37.7 Å². The molecule has 1 atom stereocenters. The van der Waals surface area contributed by atoms with E-state index in [1.807, 2.05) is 30.3 Å². The molecule has 1 aliphatic heterocycles. The van der Waals surface area contributed by atoms with Crippen LogP contribution in [0.5, 0.6) is 0 Å². The molecule has 1 fully saturated rings. The molecule has 0 saturated carbocycles. The number of anilines is 2. The Labute approximate surface area is 204 Å². The molecule has 0 aliphatic carbocycles. The number of hydrogen-bond acceptors (Lipinski definition) is 6. The van der Waals surface area contributed by atoms with Crippen LogP contribution in [-0.4, -0.2) is 60.3 Å². The van der Waals surface area contributed by atoms with Crippen LogP contribution in [0.3, 0.4) is 0 Å². The molecule has 3 aromatic rings. The summed E-state index contributed by atoms with van der Waals surface area (Å²) in [5.74, 6) is -0.359. The number of hydrogen-bond donors (Lipinski definition) is 2. The number of nitrogens with one attached hydrogen (secondary N) is 2. The average molecular weight is 500 g/mol. The van der Waals surface area contributed by atoms with Crippen molar-refractivity contribution in [3.8, 4) is 5.69 Å². The lowest BCUT2D eigenvalue weighted by Crippen LogP contribution is -2.40. The predicted molar refractivity (Wildman–Crippen MR) is 133 cm³/mol. The highest BCUT2D eigenvalue weighted by Crippen LogP contribution is 2.20. The van der Waals surface area contributed by atoms with Gasteiger partial charge in [0, 0.05) is 25.8 Å². The lowest BCUT2D eigenvalue weighted by molar-refractivity contribution is -0.116. The number of rotatable bonds is 7. The SMILES string of the molecule is Cc1c(N[C@@H](C)C(=O)Nc2ccc(S(=O)(=O)N3CCOCC3)cc2)c(=O)n(-c2ccccc2)n1C. The van der Waals surface area contributed by atoms with Crippen molar-refractivity contribution in [2.75, 3.05) is 36.9 Å². The van der Waals surface area contributed by atoms with Crippen LogP contribution >= 0.6 is 0 Å². The fourth-order valence-electron chi connectivity index (χ4n) is 3.91. The summed E-state index contributed by atoms with van der Waals surface area (Å²) in [5.41, 5.74) is 1.95. The number of morpholine rings is 1. The monoisotopic (exact) mass is 499 g/mol. The summed E-state index contributed by atoms with van der Waals surface area (Å²) in [6.45, 7) is 4.83. The highest BCUT2D eigenvalue weighted by molar-refractivity contribution is 7.89. The van der Waals surface area contributed by atoms with E-state index in [1.165, 1.54) is 21.1 Å². The Morgan fingerprint density at radius 2 is 1.66 bits per heavy atom. The Kier molecular flexibility index (Phi) is 7.10. The maximum Gasteiger partial charge on any atom is 0.295 e. The maximum absolute atomic E-state index is 13.1. The van der Waals surface area contributed by atoms with E-state index in [-0.39, 0.29) is 16.4 Å². The number of nitrogens with zero attached hydrogens (tertiary/aromatic N) is 3. The van der Waals surface area contributed by atoms with E-state index in [9.17, 15) is 18.0 Å². The quantitative estimate of drug-likeness (QED) is 0.514. The molecule has 1 aliphatic rings. The second-order valence-corrected chi connectivity index (χ2v) is 10.3. The molecule has 0 radical (unpaired) electrons. The van der Waals surface area contributed by atoms with Crippen LogP contribution in [0.1, 0.15) is 12.6 Å². The predicted octanol–water partition coefficient (Wildman–Crippen LogP) is 1.94. The van der Waals surface area contributed by atoms with Crippen LogP contribution in [0, 0.1) is 6.92 Å². The minimum atomic E-state index is -3.61. The molecule has 186 valence electrons. The van der Waals surface area contributed by atoms with Gasteiger partial charge in [0.2, 0.25) is 15.9 Å². The Hall–Kier alpha value is -3.41. The minimum Gasteiger partial charge on any atom is -0.379 e. The van der Waals surface area contributed by atoms with Gasteiger partial charge >= 0.3 is 0 Å². The number of carbonyl (C=O) groups excluding carboxylic acids is 1. The summed E-state index contributed by atoms with van der Waals surface area (Å²) in [4.78, 5) is 26.0. The molecule has 0 unspecified atom stereocenters. The van der Waals surface area contributed by atoms with E-state index in [0.29, 0.717) is 43.4 Å². The zero-order valence-corrected chi connectivity index (χ0v) is 20.7. The van der Waals surface area contributed by atoms with Gasteiger partial charge in [-0.3, -0.25) is 14.3 Å². The number of para-hydroxylation sites is 1. The fourth-order valence-corrected chi connectivity index (χ4v) is 5.32. The van der Waals surface area contributed by atoms with Crippen LogP contribution in [-0.2, 0) is 26.6 Å². The summed E-state index contributed by atoms with van der Waals surface area (Å²) < 4.78 is 35.4. The highest BCUT2D eigenvalue weighted by Gasteiger charge is 2.26. The van der Waals surface area contributed by atoms with E-state index in [0.717, 1.165) is 5.69 Å². The molecule has 2 aromatic carbocycles. The largest absolute Gasteiger partial charge is 0.379 e. The summed E-state index contributed by atoms with van der Waals surface area (Å²) in [6, 6.07) is 14.6. The van der Waals surface area contributed by atoms with Crippen molar-refractivity contribution in [3.05, 3.63) is 70.6 Å². The van der Waals surface area contributed by atoms with Gasteiger partial charge in [-0.2, -0.15) is 4.31 Å². The molecule has 10 nitrogen and oxygen atoms in total. The minimum absolute atomic E-state index is 0.157. The Bertz CT molecular complexity index is 1360. The van der Waals surface area contributed by atoms with Crippen molar-refractivity contribution in [1.82, 2.24) is 13.7 Å². The van der Waals surface area contributed by atoms with Crippen LogP contribution in [0.15, 0.2) is 64.3 Å². The van der Waals surface area contributed by atoms with Gasteiger partial charge < -0.3 is 15.4 Å². The van der Waals surface area contributed by atoms with Gasteiger partial charge in [0.25, 0.3) is 5.56 Å². The Morgan fingerprint density at radius 1 is 1.03 bits per heavy atom. The molecule has 2 N–H and O–H groups in total. The first-order valence-electron chi connectivity index (χ1n) is 11.3. The van der Waals surface area contributed by atoms with Gasteiger partial charge in [-0.05, 0) is 50.2 Å². The van der Waals surface area contributed by atoms with Crippen LogP contribution in [0.25, 0.3) is 5.69 Å². The molecule has 1 aromatic heterocycles. The molecule has 2 heterocycles. The third kappa shape index (κ3) is 5.02. The van der Waals surface area contributed by atoms with Crippen molar-refractivity contribution in [1.29, 1.82) is 0 Å². The number of sulfonamides is 1. The number of amides is 1. The zero-order chi connectivity index (χ0) is 25.2. The smallest absolute Gasteiger partial charge is 0.295 e. The normalized spacial score (nSPS) is 15.5. The fraction of sp³-hybridized carbons (Fsp3) is 0.333. The number of aromatic nitrogens is 2. The van der Waals surface area contributed by atoms with Crippen molar-refractivity contribution < 1.29 is 17.9 Å². The van der Waals surface area contributed by atoms with Crippen molar-refractivity contribution in [2.45, 2.75) is 24.8 Å². The van der Waals surface area contributed by atoms with Gasteiger partial charge in [-0.1, -0.05) is 18.2 Å². The highest BCUT2D eigenvalue weighted by atomic mass is 32.2. The third-order valence-corrected chi connectivity index (χ3v) is 7.95. The Balaban J connectivity index is 1.45. The molecular weight excluding hydrogens is 470 g/mol. The van der Waals surface area contributed by atoms with Crippen molar-refractivity contribution in [3.63, 3.8) is 0 Å². The molecule has 4 rings (SSSR count). The van der Waals surface area contributed by atoms with Crippen LogP contribution in [0.4, 0.5) is 11.4 Å². The maximum atomic E-state index is 13.1. The molecule has 1 amide bonds. The lowest BCUT2D eigenvalue weighted by atomic mass is 10.2. The first-order valence-corrected chi connectivity index (χ1v) is 12.7. The van der Waals surface area contributed by atoms with Gasteiger partial charge in [-0.15, -0.1) is 0 Å². The molecular formula is C24H29N5O5S. The van der Waals surface area contributed by atoms with E-state index in [2.05, 4.69) is 10.6 Å². The first-order chi connectivity index (χ1) is 16.7. The lowest BCUT2D eigenvalue weighted by Gasteiger charge is -2.26. The average Bonchev–Trinajstić information content (AvgIpc) is 3.08. The third-order valence-electron chi connectivity index (χ3n) is 6.04. The van der Waals surface area contributed by atoms with E-state index < -0.39 is 16.1 Å². The zero-order valence-electron chi connectivity index (χ0n) is 19.9. The summed E-state index contributed by atoms with van der Waals surface area (Å²) in [6.07, 6.45) is 0. The van der Waals surface area contributed by atoms with Gasteiger partial charge in [0.15, 0.2) is 0 Å². The van der Waals surface area contributed by atoms with Crippen molar-refractivity contribution >= 4 is 27.3 Å². The number of benzene rings is 2. The summed E-state index contributed by atoms with van der Waals surface area (Å²) in [7, 11) is -1.83. The summed E-state index contributed by atoms with van der Waals surface area (Å²) >= 11 is 0. The van der Waals surface area contributed by atoms with E-state index in [4.69, 9.17) is 4.74 Å². The van der Waals surface area contributed by atoms with Crippen LogP contribution < -0.4 is 16.2 Å². The Morgan fingerprint density at radius 3 is 2.29 bits per heavy atom. The van der Waals surface area contributed by atoms with Gasteiger partial charge in [0.05, 0.1) is 29.5 Å². The second kappa shape index (κ2) is 10.1. The molecule has 0 spiro atoms. The summed E-state index contributed by atoms with van der Waals surface area (Å²) in [5, 5.41) is 5.79. The van der Waals surface area contributed by atoms with E-state index >= 15 is 0 Å². The van der Waals surface area contributed by atoms with Gasteiger partial charge in [0.1, 0.15) is 11.7 Å². The molecule has 1 saturated heterocycles. The van der Waals surface area contributed by atoms with Gasteiger partial charge in [-0.25, -0.2) is 13.1 Å². The van der Waals surface area contributed by atoms with Crippen molar-refractivity contribution in [2.24, 2.45) is 7.05 Å².